The van der Waals surface area contributed by atoms with Crippen LogP contribution in [0.2, 0.25) is 0 Å². The highest BCUT2D eigenvalue weighted by molar-refractivity contribution is 7.11. The maximum absolute atomic E-state index is 12.5. The Hall–Kier alpha value is -1.69. The lowest BCUT2D eigenvalue weighted by Gasteiger charge is -2.32. The van der Waals surface area contributed by atoms with Crippen molar-refractivity contribution in [2.45, 2.75) is 58.9 Å². The minimum atomic E-state index is 0.280. The number of carbonyl (C=O) groups excluding carboxylic acids is 1. The van der Waals surface area contributed by atoms with Gasteiger partial charge in [-0.25, -0.2) is 9.97 Å². The van der Waals surface area contributed by atoms with Crippen LogP contribution in [0.1, 0.15) is 53.0 Å². The zero-order valence-electron chi connectivity index (χ0n) is 14.8. The van der Waals surface area contributed by atoms with Gasteiger partial charge in [-0.1, -0.05) is 0 Å². The maximum atomic E-state index is 12.5. The average Bonchev–Trinajstić information content (AvgIpc) is 3.13. The Balaban J connectivity index is 1.52. The standard InChI is InChI=1S/C18H26N4OS/c1-13-14(2)24-18(20-13)16-6-4-10-22(12-16)17(23)7-5-9-21-11-8-19-15(21)3/h8,11,16H,4-7,9-10,12H2,1-3H3. The zero-order chi connectivity index (χ0) is 17.1. The fraction of sp³-hybridized carbons (Fsp3) is 0.611. The van der Waals surface area contributed by atoms with Crippen LogP contribution in [0.3, 0.4) is 0 Å². The number of nitrogens with zero attached hydrogens (tertiary/aromatic N) is 4. The van der Waals surface area contributed by atoms with Crippen molar-refractivity contribution in [3.05, 3.63) is 33.8 Å². The lowest BCUT2D eigenvalue weighted by atomic mass is 9.98. The van der Waals surface area contributed by atoms with Crippen molar-refractivity contribution in [3.8, 4) is 0 Å². The molecule has 0 radical (unpaired) electrons. The van der Waals surface area contributed by atoms with Crippen molar-refractivity contribution in [1.29, 1.82) is 0 Å². The molecule has 130 valence electrons. The quantitative estimate of drug-likeness (QED) is 0.833. The highest BCUT2D eigenvalue weighted by Crippen LogP contribution is 2.31. The Morgan fingerprint density at radius 2 is 2.21 bits per heavy atom. The molecule has 1 aliphatic rings. The molecule has 0 spiro atoms. The molecule has 6 heteroatoms. The lowest BCUT2D eigenvalue weighted by molar-refractivity contribution is -0.132. The second-order valence-electron chi connectivity index (χ2n) is 6.64. The Kier molecular flexibility index (Phi) is 5.33. The summed E-state index contributed by atoms with van der Waals surface area (Å²) in [4.78, 5) is 24.8. The number of thiazole rings is 1. The van der Waals surface area contributed by atoms with E-state index in [1.165, 1.54) is 9.88 Å². The van der Waals surface area contributed by atoms with E-state index < -0.39 is 0 Å². The first-order valence-corrected chi connectivity index (χ1v) is 9.55. The van der Waals surface area contributed by atoms with E-state index in [2.05, 4.69) is 23.4 Å². The van der Waals surface area contributed by atoms with Gasteiger partial charge in [-0.05, 0) is 40.0 Å². The first kappa shape index (κ1) is 17.1. The maximum Gasteiger partial charge on any atom is 0.222 e. The van der Waals surface area contributed by atoms with Gasteiger partial charge in [0.1, 0.15) is 5.82 Å². The topological polar surface area (TPSA) is 51.0 Å². The summed E-state index contributed by atoms with van der Waals surface area (Å²) in [6, 6.07) is 0. The number of imidazole rings is 1. The van der Waals surface area contributed by atoms with Gasteiger partial charge in [0.25, 0.3) is 0 Å². The van der Waals surface area contributed by atoms with Crippen molar-refractivity contribution in [2.75, 3.05) is 13.1 Å². The van der Waals surface area contributed by atoms with Gasteiger partial charge in [0.2, 0.25) is 5.91 Å². The van der Waals surface area contributed by atoms with Crippen LogP contribution in [-0.4, -0.2) is 38.4 Å². The van der Waals surface area contributed by atoms with Crippen LogP contribution < -0.4 is 0 Å². The Morgan fingerprint density at radius 3 is 2.88 bits per heavy atom. The van der Waals surface area contributed by atoms with Crippen LogP contribution >= 0.6 is 11.3 Å². The first-order valence-electron chi connectivity index (χ1n) is 8.74. The van der Waals surface area contributed by atoms with Crippen molar-refractivity contribution in [2.24, 2.45) is 0 Å². The lowest BCUT2D eigenvalue weighted by Crippen LogP contribution is -2.39. The number of likely N-dealkylation sites (tertiary alicyclic amines) is 1. The fourth-order valence-corrected chi connectivity index (χ4v) is 4.32. The molecule has 3 heterocycles. The smallest absolute Gasteiger partial charge is 0.222 e. The molecule has 0 N–H and O–H groups in total. The SMILES string of the molecule is Cc1nc(C2CCCN(C(=O)CCCn3ccnc3C)C2)sc1C. The van der Waals surface area contributed by atoms with Crippen LogP contribution in [0.25, 0.3) is 0 Å². The molecule has 1 atom stereocenters. The molecule has 2 aromatic rings. The minimum absolute atomic E-state index is 0.280. The van der Waals surface area contributed by atoms with Gasteiger partial charge in [0.05, 0.1) is 10.7 Å². The van der Waals surface area contributed by atoms with E-state index in [0.29, 0.717) is 12.3 Å². The largest absolute Gasteiger partial charge is 0.342 e. The zero-order valence-corrected chi connectivity index (χ0v) is 15.6. The second kappa shape index (κ2) is 7.47. The van der Waals surface area contributed by atoms with E-state index in [0.717, 1.165) is 50.4 Å². The van der Waals surface area contributed by atoms with Crippen LogP contribution in [0, 0.1) is 20.8 Å². The molecule has 0 aliphatic carbocycles. The predicted molar refractivity (Wildman–Crippen MR) is 96.3 cm³/mol. The van der Waals surface area contributed by atoms with E-state index in [1.807, 2.05) is 24.2 Å². The van der Waals surface area contributed by atoms with E-state index in [-0.39, 0.29) is 5.91 Å². The summed E-state index contributed by atoms with van der Waals surface area (Å²) in [6.07, 6.45) is 7.49. The molecule has 5 nitrogen and oxygen atoms in total. The molecule has 0 saturated carbocycles. The Labute approximate surface area is 147 Å². The molecule has 1 unspecified atom stereocenters. The molecule has 1 saturated heterocycles. The van der Waals surface area contributed by atoms with Gasteiger partial charge in [0.15, 0.2) is 0 Å². The molecule has 1 aliphatic heterocycles. The third-order valence-corrected chi connectivity index (χ3v) is 6.12. The number of hydrogen-bond acceptors (Lipinski definition) is 4. The number of hydrogen-bond donors (Lipinski definition) is 0. The van der Waals surface area contributed by atoms with Crippen molar-refractivity contribution < 1.29 is 4.79 Å². The summed E-state index contributed by atoms with van der Waals surface area (Å²) in [6.45, 7) is 8.77. The van der Waals surface area contributed by atoms with Crippen molar-refractivity contribution in [3.63, 3.8) is 0 Å². The number of amides is 1. The minimum Gasteiger partial charge on any atom is -0.342 e. The van der Waals surface area contributed by atoms with Crippen molar-refractivity contribution >= 4 is 17.2 Å². The molecule has 0 aromatic carbocycles. The Morgan fingerprint density at radius 1 is 1.38 bits per heavy atom. The summed E-state index contributed by atoms with van der Waals surface area (Å²) < 4.78 is 2.10. The number of carbonyl (C=O) groups is 1. The number of aryl methyl sites for hydroxylation is 4. The molecular formula is C18H26N4OS. The highest BCUT2D eigenvalue weighted by Gasteiger charge is 2.26. The monoisotopic (exact) mass is 346 g/mol. The van der Waals surface area contributed by atoms with Crippen molar-refractivity contribution in [1.82, 2.24) is 19.4 Å². The summed E-state index contributed by atoms with van der Waals surface area (Å²) in [5.41, 5.74) is 1.13. The molecule has 24 heavy (non-hydrogen) atoms. The van der Waals surface area contributed by atoms with E-state index in [4.69, 9.17) is 4.98 Å². The van der Waals surface area contributed by atoms with E-state index >= 15 is 0 Å². The molecular weight excluding hydrogens is 320 g/mol. The number of rotatable bonds is 5. The fourth-order valence-electron chi connectivity index (χ4n) is 3.28. The van der Waals surface area contributed by atoms with Gasteiger partial charge in [-0.3, -0.25) is 4.79 Å². The predicted octanol–water partition coefficient (Wildman–Crippen LogP) is 3.45. The second-order valence-corrected chi connectivity index (χ2v) is 7.88. The van der Waals surface area contributed by atoms with Crippen LogP contribution in [-0.2, 0) is 11.3 Å². The molecule has 0 bridgehead atoms. The molecule has 1 fully saturated rings. The summed E-state index contributed by atoms with van der Waals surface area (Å²) in [5, 5.41) is 1.21. The average molecular weight is 347 g/mol. The Bertz CT molecular complexity index is 686. The third kappa shape index (κ3) is 3.86. The van der Waals surface area contributed by atoms with Gasteiger partial charge >= 0.3 is 0 Å². The number of aromatic nitrogens is 3. The summed E-state index contributed by atoms with van der Waals surface area (Å²) in [7, 11) is 0. The molecule has 2 aromatic heterocycles. The van der Waals surface area contributed by atoms with Crippen LogP contribution in [0.15, 0.2) is 12.4 Å². The van der Waals surface area contributed by atoms with Gasteiger partial charge in [-0.2, -0.15) is 0 Å². The van der Waals surface area contributed by atoms with E-state index in [9.17, 15) is 4.79 Å². The van der Waals surface area contributed by atoms with Gasteiger partial charge < -0.3 is 9.47 Å². The summed E-state index contributed by atoms with van der Waals surface area (Å²) >= 11 is 1.79. The number of piperidine rings is 1. The van der Waals surface area contributed by atoms with Gasteiger partial charge in [-0.15, -0.1) is 11.3 Å². The third-order valence-electron chi connectivity index (χ3n) is 4.88. The van der Waals surface area contributed by atoms with E-state index in [1.54, 1.807) is 11.3 Å². The van der Waals surface area contributed by atoms with Crippen LogP contribution in [0.4, 0.5) is 0 Å². The van der Waals surface area contributed by atoms with Crippen LogP contribution in [0.5, 0.6) is 0 Å². The van der Waals surface area contributed by atoms with Gasteiger partial charge in [0, 0.05) is 49.2 Å². The highest BCUT2D eigenvalue weighted by atomic mass is 32.1. The molecule has 3 rings (SSSR count). The first-order chi connectivity index (χ1) is 11.5. The normalized spacial score (nSPS) is 18.1. The summed E-state index contributed by atoms with van der Waals surface area (Å²) in [5.74, 6) is 1.70. The molecule has 1 amide bonds.